The van der Waals surface area contributed by atoms with Gasteiger partial charge in [0.2, 0.25) is 5.91 Å². The standard InChI is InChI=1S/C22H18ClF3N4O4/c1-12(29-19(13-2-3-13)11-20(28-29)22(24,25)26)21(31)27-15-8-16(30(32)33)10-18(9-15)34-17-6-4-14(23)5-7-17/h4-13H,2-3H2,1H3,(H,27,31). The molecule has 1 amide bonds. The third-order valence-corrected chi connectivity index (χ3v) is 5.47. The minimum atomic E-state index is -4.64. The molecule has 178 valence electrons. The molecule has 1 aromatic heterocycles. The second kappa shape index (κ2) is 8.98. The maximum Gasteiger partial charge on any atom is 0.435 e. The van der Waals surface area contributed by atoms with Gasteiger partial charge in [-0.3, -0.25) is 19.6 Å². The fraction of sp³-hybridized carbons (Fsp3) is 0.273. The number of hydrogen-bond acceptors (Lipinski definition) is 5. The fourth-order valence-corrected chi connectivity index (χ4v) is 3.48. The lowest BCUT2D eigenvalue weighted by Crippen LogP contribution is -2.26. The van der Waals surface area contributed by atoms with Crippen LogP contribution in [0.1, 0.15) is 43.1 Å². The molecule has 0 aliphatic heterocycles. The first-order valence-corrected chi connectivity index (χ1v) is 10.6. The van der Waals surface area contributed by atoms with Gasteiger partial charge >= 0.3 is 6.18 Å². The molecule has 12 heteroatoms. The van der Waals surface area contributed by atoms with Gasteiger partial charge in [0.1, 0.15) is 17.5 Å². The van der Waals surface area contributed by atoms with E-state index in [0.717, 1.165) is 16.8 Å². The van der Waals surface area contributed by atoms with Gasteiger partial charge in [0.15, 0.2) is 5.69 Å². The van der Waals surface area contributed by atoms with Gasteiger partial charge in [-0.1, -0.05) is 11.6 Å². The predicted molar refractivity (Wildman–Crippen MR) is 117 cm³/mol. The molecule has 1 fully saturated rings. The topological polar surface area (TPSA) is 99.3 Å². The Morgan fingerprint density at radius 3 is 2.47 bits per heavy atom. The van der Waals surface area contributed by atoms with Crippen LogP contribution in [-0.2, 0) is 11.0 Å². The van der Waals surface area contributed by atoms with Crippen molar-refractivity contribution in [1.29, 1.82) is 0 Å². The van der Waals surface area contributed by atoms with Crippen molar-refractivity contribution >= 4 is 28.9 Å². The number of alkyl halides is 3. The third kappa shape index (κ3) is 5.30. The number of carbonyl (C=O) groups excluding carboxylic acids is 1. The molecule has 1 aliphatic rings. The first-order valence-electron chi connectivity index (χ1n) is 10.2. The average Bonchev–Trinajstić information content (AvgIpc) is 3.51. The zero-order valence-electron chi connectivity index (χ0n) is 17.7. The summed E-state index contributed by atoms with van der Waals surface area (Å²) in [4.78, 5) is 23.6. The quantitative estimate of drug-likeness (QED) is 0.305. The Balaban J connectivity index is 1.58. The van der Waals surface area contributed by atoms with Crippen LogP contribution in [0.15, 0.2) is 48.5 Å². The Bertz CT molecular complexity index is 1240. The molecule has 0 saturated heterocycles. The van der Waals surface area contributed by atoms with Crippen molar-refractivity contribution in [3.63, 3.8) is 0 Å². The fourth-order valence-electron chi connectivity index (χ4n) is 3.36. The van der Waals surface area contributed by atoms with E-state index in [4.69, 9.17) is 16.3 Å². The van der Waals surface area contributed by atoms with Gasteiger partial charge in [-0.2, -0.15) is 18.3 Å². The summed E-state index contributed by atoms with van der Waals surface area (Å²) >= 11 is 5.84. The van der Waals surface area contributed by atoms with Crippen LogP contribution in [0.5, 0.6) is 11.5 Å². The predicted octanol–water partition coefficient (Wildman–Crippen LogP) is 6.33. The number of ether oxygens (including phenoxy) is 1. The Kier molecular flexibility index (Phi) is 6.22. The molecule has 3 aromatic rings. The van der Waals surface area contributed by atoms with Crippen LogP contribution in [0.3, 0.4) is 0 Å². The Morgan fingerprint density at radius 2 is 1.88 bits per heavy atom. The average molecular weight is 495 g/mol. The largest absolute Gasteiger partial charge is 0.457 e. The summed E-state index contributed by atoms with van der Waals surface area (Å²) < 4.78 is 46.2. The highest BCUT2D eigenvalue weighted by Gasteiger charge is 2.39. The Morgan fingerprint density at radius 1 is 1.21 bits per heavy atom. The van der Waals surface area contributed by atoms with E-state index in [2.05, 4.69) is 10.4 Å². The SMILES string of the molecule is CC(C(=O)Nc1cc(Oc2ccc(Cl)cc2)cc([N+](=O)[O-])c1)n1nc(C(F)(F)F)cc1C1CC1. The number of nitrogens with zero attached hydrogens (tertiary/aromatic N) is 3. The highest BCUT2D eigenvalue weighted by atomic mass is 35.5. The van der Waals surface area contributed by atoms with E-state index < -0.39 is 28.7 Å². The molecule has 1 saturated carbocycles. The molecule has 1 unspecified atom stereocenters. The van der Waals surface area contributed by atoms with Gasteiger partial charge in [-0.15, -0.1) is 0 Å². The number of anilines is 1. The van der Waals surface area contributed by atoms with E-state index in [1.807, 2.05) is 0 Å². The number of hydrogen-bond donors (Lipinski definition) is 1. The molecule has 0 bridgehead atoms. The van der Waals surface area contributed by atoms with Gasteiger partial charge in [0.25, 0.3) is 5.69 Å². The number of carbonyl (C=O) groups is 1. The summed E-state index contributed by atoms with van der Waals surface area (Å²) in [5.41, 5.74) is -1.03. The molecule has 8 nitrogen and oxygen atoms in total. The van der Waals surface area contributed by atoms with E-state index in [1.165, 1.54) is 19.1 Å². The van der Waals surface area contributed by atoms with Crippen LogP contribution >= 0.6 is 11.6 Å². The minimum Gasteiger partial charge on any atom is -0.457 e. The zero-order valence-corrected chi connectivity index (χ0v) is 18.4. The molecule has 1 N–H and O–H groups in total. The summed E-state index contributed by atoms with van der Waals surface area (Å²) in [6, 6.07) is 9.85. The number of nitro benzene ring substituents is 1. The van der Waals surface area contributed by atoms with Crippen LogP contribution in [0.2, 0.25) is 5.02 Å². The number of halogens is 4. The van der Waals surface area contributed by atoms with Crippen LogP contribution in [0, 0.1) is 10.1 Å². The zero-order chi connectivity index (χ0) is 24.6. The lowest BCUT2D eigenvalue weighted by molar-refractivity contribution is -0.384. The van der Waals surface area contributed by atoms with E-state index in [1.54, 1.807) is 24.3 Å². The second-order valence-corrected chi connectivity index (χ2v) is 8.30. The molecular weight excluding hydrogens is 477 g/mol. The Hall–Kier alpha value is -3.60. The Labute approximate surface area is 196 Å². The van der Waals surface area contributed by atoms with Gasteiger partial charge < -0.3 is 10.1 Å². The van der Waals surface area contributed by atoms with Crippen molar-refractivity contribution < 1.29 is 27.6 Å². The number of rotatable bonds is 7. The summed E-state index contributed by atoms with van der Waals surface area (Å²) in [5, 5.41) is 18.0. The van der Waals surface area contributed by atoms with Crippen LogP contribution in [0.25, 0.3) is 0 Å². The molecule has 1 heterocycles. The molecule has 0 spiro atoms. The lowest BCUT2D eigenvalue weighted by Gasteiger charge is -2.16. The smallest absolute Gasteiger partial charge is 0.435 e. The molecule has 34 heavy (non-hydrogen) atoms. The highest BCUT2D eigenvalue weighted by Crippen LogP contribution is 2.43. The number of nitro groups is 1. The van der Waals surface area contributed by atoms with Gasteiger partial charge in [-0.05, 0) is 50.1 Å². The number of aromatic nitrogens is 2. The molecular formula is C22H18ClF3N4O4. The number of non-ortho nitro benzene ring substituents is 1. The van der Waals surface area contributed by atoms with Gasteiger partial charge in [0.05, 0.1) is 16.7 Å². The van der Waals surface area contributed by atoms with Crippen molar-refractivity contribution in [2.24, 2.45) is 0 Å². The van der Waals surface area contributed by atoms with Crippen molar-refractivity contribution in [3.8, 4) is 11.5 Å². The first-order chi connectivity index (χ1) is 16.0. The van der Waals surface area contributed by atoms with E-state index in [-0.39, 0.29) is 23.0 Å². The molecule has 0 radical (unpaired) electrons. The summed E-state index contributed by atoms with van der Waals surface area (Å²) in [6.07, 6.45) is -3.21. The van der Waals surface area contributed by atoms with E-state index in [0.29, 0.717) is 29.3 Å². The highest BCUT2D eigenvalue weighted by molar-refractivity contribution is 6.30. The second-order valence-electron chi connectivity index (χ2n) is 7.86. The summed E-state index contributed by atoms with van der Waals surface area (Å²) in [7, 11) is 0. The van der Waals surface area contributed by atoms with Crippen molar-refractivity contribution in [2.45, 2.75) is 37.9 Å². The molecule has 4 rings (SSSR count). The number of benzene rings is 2. The lowest BCUT2D eigenvalue weighted by atomic mass is 10.2. The monoisotopic (exact) mass is 494 g/mol. The molecule has 1 atom stereocenters. The van der Waals surface area contributed by atoms with E-state index >= 15 is 0 Å². The normalized spacial score (nSPS) is 14.5. The molecule has 2 aromatic carbocycles. The summed E-state index contributed by atoms with van der Waals surface area (Å²) in [5.74, 6) is -0.329. The van der Waals surface area contributed by atoms with Crippen LogP contribution in [-0.4, -0.2) is 20.6 Å². The van der Waals surface area contributed by atoms with Crippen molar-refractivity contribution in [2.75, 3.05) is 5.32 Å². The van der Waals surface area contributed by atoms with Crippen molar-refractivity contribution in [1.82, 2.24) is 9.78 Å². The number of amides is 1. The van der Waals surface area contributed by atoms with Gasteiger partial charge in [0, 0.05) is 28.8 Å². The minimum absolute atomic E-state index is 0.0474. The maximum atomic E-state index is 13.2. The van der Waals surface area contributed by atoms with Crippen molar-refractivity contribution in [3.05, 3.63) is 75.1 Å². The van der Waals surface area contributed by atoms with E-state index in [9.17, 15) is 28.1 Å². The molecule has 1 aliphatic carbocycles. The van der Waals surface area contributed by atoms with Gasteiger partial charge in [-0.25, -0.2) is 0 Å². The summed E-state index contributed by atoms with van der Waals surface area (Å²) in [6.45, 7) is 1.41. The number of nitrogens with one attached hydrogen (secondary N) is 1. The van der Waals surface area contributed by atoms with Crippen LogP contribution < -0.4 is 10.1 Å². The third-order valence-electron chi connectivity index (χ3n) is 5.22. The van der Waals surface area contributed by atoms with Crippen LogP contribution in [0.4, 0.5) is 24.5 Å². The maximum absolute atomic E-state index is 13.2. The first kappa shape index (κ1) is 23.6.